The monoisotopic (exact) mass is 320 g/mol. The first-order valence-corrected chi connectivity index (χ1v) is 9.51. The summed E-state index contributed by atoms with van der Waals surface area (Å²) in [6, 6.07) is 4.72. The van der Waals surface area contributed by atoms with E-state index in [1.54, 1.807) is 6.07 Å². The van der Waals surface area contributed by atoms with E-state index in [2.05, 4.69) is 0 Å². The van der Waals surface area contributed by atoms with Crippen LogP contribution >= 0.6 is 0 Å². The summed E-state index contributed by atoms with van der Waals surface area (Å²) in [4.78, 5) is 0.125. The van der Waals surface area contributed by atoms with Crippen LogP contribution in [0.25, 0.3) is 0 Å². The van der Waals surface area contributed by atoms with Gasteiger partial charge in [-0.2, -0.15) is 4.31 Å². The fraction of sp³-hybridized carbons (Fsp3) is 0.500. The van der Waals surface area contributed by atoms with E-state index < -0.39 is 19.9 Å². The van der Waals surface area contributed by atoms with Gasteiger partial charge in [0.15, 0.2) is 0 Å². The molecular weight excluding hydrogens is 300 g/mol. The number of hydrogen-bond acceptors (Lipinski definition) is 5. The van der Waals surface area contributed by atoms with Gasteiger partial charge in [-0.05, 0) is 30.2 Å². The van der Waals surface area contributed by atoms with Gasteiger partial charge in [0.25, 0.3) is 0 Å². The predicted octanol–water partition coefficient (Wildman–Crippen LogP) is 0.119. The molecule has 0 unspecified atom stereocenters. The van der Waals surface area contributed by atoms with Crippen molar-refractivity contribution in [1.29, 1.82) is 0 Å². The van der Waals surface area contributed by atoms with Crippen LogP contribution in [0.3, 0.4) is 0 Å². The highest BCUT2D eigenvalue weighted by Crippen LogP contribution is 2.18. The topological polar surface area (TPSA) is 97.5 Å². The molecule has 0 fully saturated rings. The van der Waals surface area contributed by atoms with Crippen molar-refractivity contribution in [3.8, 4) is 0 Å². The van der Waals surface area contributed by atoms with E-state index >= 15 is 0 Å². The molecule has 0 heterocycles. The van der Waals surface area contributed by atoms with Crippen molar-refractivity contribution < 1.29 is 16.8 Å². The first-order valence-electron chi connectivity index (χ1n) is 6.01. The molecule has 0 saturated heterocycles. The second-order valence-electron chi connectivity index (χ2n) is 4.75. The van der Waals surface area contributed by atoms with Crippen LogP contribution in [0.4, 0.5) is 0 Å². The highest BCUT2D eigenvalue weighted by atomic mass is 32.2. The van der Waals surface area contributed by atoms with Gasteiger partial charge in [0, 0.05) is 26.4 Å². The van der Waals surface area contributed by atoms with Gasteiger partial charge in [-0.25, -0.2) is 16.8 Å². The normalized spacial score (nSPS) is 12.8. The van der Waals surface area contributed by atoms with E-state index in [0.29, 0.717) is 0 Å². The van der Waals surface area contributed by atoms with Crippen molar-refractivity contribution in [2.45, 2.75) is 18.4 Å². The second kappa shape index (κ2) is 6.21. The first-order chi connectivity index (χ1) is 9.08. The number of hydrogen-bond donors (Lipinski definition) is 1. The van der Waals surface area contributed by atoms with Crippen molar-refractivity contribution in [3.63, 3.8) is 0 Å². The average Bonchev–Trinajstić information content (AvgIpc) is 2.35. The van der Waals surface area contributed by atoms with Crippen LogP contribution < -0.4 is 5.73 Å². The summed E-state index contributed by atoms with van der Waals surface area (Å²) in [6.07, 6.45) is 1.08. The second-order valence-corrected chi connectivity index (χ2v) is 9.05. The Morgan fingerprint density at radius 1 is 1.20 bits per heavy atom. The molecule has 0 radical (unpaired) electrons. The summed E-state index contributed by atoms with van der Waals surface area (Å²) < 4.78 is 47.9. The fourth-order valence-electron chi connectivity index (χ4n) is 1.62. The lowest BCUT2D eigenvalue weighted by atomic mass is 10.1. The predicted molar refractivity (Wildman–Crippen MR) is 78.6 cm³/mol. The van der Waals surface area contributed by atoms with E-state index in [4.69, 9.17) is 5.73 Å². The van der Waals surface area contributed by atoms with Crippen molar-refractivity contribution in [2.75, 3.05) is 25.6 Å². The smallest absolute Gasteiger partial charge is 0.242 e. The summed E-state index contributed by atoms with van der Waals surface area (Å²) in [5.74, 6) is -0.210. The van der Waals surface area contributed by atoms with E-state index in [9.17, 15) is 16.8 Å². The third kappa shape index (κ3) is 4.27. The molecule has 1 aromatic rings. The Morgan fingerprint density at radius 3 is 2.30 bits per heavy atom. The van der Waals surface area contributed by atoms with Gasteiger partial charge < -0.3 is 5.73 Å². The molecule has 0 atom stereocenters. The van der Waals surface area contributed by atoms with Gasteiger partial charge in [-0.3, -0.25) is 0 Å². The molecule has 114 valence electrons. The minimum atomic E-state index is -3.70. The van der Waals surface area contributed by atoms with Crippen LogP contribution in [-0.2, 0) is 26.4 Å². The van der Waals surface area contributed by atoms with Gasteiger partial charge in [0.1, 0.15) is 9.84 Å². The number of aryl methyl sites for hydroxylation is 1. The molecule has 0 spiro atoms. The SMILES string of the molecule is Cc1ccc(S(=O)(=O)N(C)CCS(C)(=O)=O)cc1CN. The maximum absolute atomic E-state index is 12.3. The highest BCUT2D eigenvalue weighted by molar-refractivity contribution is 7.91. The molecular formula is C12H20N2O4S2. The van der Waals surface area contributed by atoms with Crippen LogP contribution in [0.2, 0.25) is 0 Å². The summed E-state index contributed by atoms with van der Waals surface area (Å²) in [7, 11) is -5.54. The number of benzene rings is 1. The summed E-state index contributed by atoms with van der Waals surface area (Å²) >= 11 is 0. The number of rotatable bonds is 6. The Bertz CT molecular complexity index is 681. The van der Waals surface area contributed by atoms with Crippen molar-refractivity contribution in [1.82, 2.24) is 4.31 Å². The third-order valence-electron chi connectivity index (χ3n) is 3.03. The van der Waals surface area contributed by atoms with Gasteiger partial charge in [-0.15, -0.1) is 0 Å². The van der Waals surface area contributed by atoms with Crippen molar-refractivity contribution >= 4 is 19.9 Å². The van der Waals surface area contributed by atoms with Crippen LogP contribution in [-0.4, -0.2) is 46.7 Å². The zero-order valence-corrected chi connectivity index (χ0v) is 13.5. The molecule has 8 heteroatoms. The summed E-state index contributed by atoms with van der Waals surface area (Å²) in [5.41, 5.74) is 7.24. The fourth-order valence-corrected chi connectivity index (χ4v) is 3.57. The van der Waals surface area contributed by atoms with Crippen LogP contribution in [0, 0.1) is 6.92 Å². The summed E-state index contributed by atoms with van der Waals surface area (Å²) in [5, 5.41) is 0. The minimum absolute atomic E-state index is 0.0764. The number of nitrogens with two attached hydrogens (primary N) is 1. The Hall–Kier alpha value is -0.960. The number of nitrogens with zero attached hydrogens (tertiary/aromatic N) is 1. The minimum Gasteiger partial charge on any atom is -0.326 e. The Morgan fingerprint density at radius 2 is 1.80 bits per heavy atom. The lowest BCUT2D eigenvalue weighted by molar-refractivity contribution is 0.484. The van der Waals surface area contributed by atoms with E-state index in [1.807, 2.05) is 6.92 Å². The Labute approximate surface area is 120 Å². The van der Waals surface area contributed by atoms with E-state index in [1.165, 1.54) is 19.2 Å². The number of sulfonamides is 1. The molecule has 0 saturated carbocycles. The van der Waals surface area contributed by atoms with Crippen molar-refractivity contribution in [2.24, 2.45) is 5.73 Å². The van der Waals surface area contributed by atoms with E-state index in [0.717, 1.165) is 21.7 Å². The van der Waals surface area contributed by atoms with Gasteiger partial charge in [0.05, 0.1) is 10.6 Å². The molecule has 1 aromatic carbocycles. The lowest BCUT2D eigenvalue weighted by Gasteiger charge is -2.17. The molecule has 0 aliphatic rings. The third-order valence-corrected chi connectivity index (χ3v) is 5.80. The highest BCUT2D eigenvalue weighted by Gasteiger charge is 2.22. The first kappa shape index (κ1) is 17.1. The Balaban J connectivity index is 3.04. The van der Waals surface area contributed by atoms with Gasteiger partial charge in [0.2, 0.25) is 10.0 Å². The maximum atomic E-state index is 12.3. The largest absolute Gasteiger partial charge is 0.326 e. The molecule has 0 bridgehead atoms. The quantitative estimate of drug-likeness (QED) is 0.803. The molecule has 2 N–H and O–H groups in total. The van der Waals surface area contributed by atoms with Crippen LogP contribution in [0.5, 0.6) is 0 Å². The summed E-state index contributed by atoms with van der Waals surface area (Å²) in [6.45, 7) is 2.03. The average molecular weight is 320 g/mol. The number of sulfone groups is 1. The zero-order valence-electron chi connectivity index (χ0n) is 11.8. The van der Waals surface area contributed by atoms with Crippen molar-refractivity contribution in [3.05, 3.63) is 29.3 Å². The molecule has 0 aliphatic heterocycles. The molecule has 0 amide bonds. The molecule has 1 rings (SSSR count). The molecule has 6 nitrogen and oxygen atoms in total. The standard InChI is InChI=1S/C12H20N2O4S2/c1-10-4-5-12(8-11(10)9-13)20(17,18)14(2)6-7-19(3,15)16/h4-5,8H,6-7,9,13H2,1-3H3. The zero-order chi connectivity index (χ0) is 15.6. The van der Waals surface area contributed by atoms with Gasteiger partial charge in [-0.1, -0.05) is 6.07 Å². The van der Waals surface area contributed by atoms with Gasteiger partial charge >= 0.3 is 0 Å². The molecule has 0 aliphatic carbocycles. The van der Waals surface area contributed by atoms with Crippen LogP contribution in [0.15, 0.2) is 23.1 Å². The Kier molecular flexibility index (Phi) is 5.31. The molecule has 20 heavy (non-hydrogen) atoms. The molecule has 0 aromatic heterocycles. The maximum Gasteiger partial charge on any atom is 0.242 e. The van der Waals surface area contributed by atoms with E-state index in [-0.39, 0.29) is 23.7 Å². The van der Waals surface area contributed by atoms with Crippen LogP contribution in [0.1, 0.15) is 11.1 Å². The lowest BCUT2D eigenvalue weighted by Crippen LogP contribution is -2.31.